The second kappa shape index (κ2) is 10.7. The second-order valence-corrected chi connectivity index (χ2v) is 8.76. The third-order valence-corrected chi connectivity index (χ3v) is 5.37. The van der Waals surface area contributed by atoms with Gasteiger partial charge in [0.25, 0.3) is 12.3 Å². The van der Waals surface area contributed by atoms with Gasteiger partial charge in [-0.05, 0) is 12.1 Å². The number of carbonyl (C=O) groups excluding carboxylic acids is 1. The number of aryl methyl sites for hydroxylation is 1. The Labute approximate surface area is 220 Å². The summed E-state index contributed by atoms with van der Waals surface area (Å²) in [4.78, 5) is 17.2. The molecule has 1 saturated heterocycles. The van der Waals surface area contributed by atoms with Gasteiger partial charge in [-0.3, -0.25) is 4.68 Å². The van der Waals surface area contributed by atoms with Crippen molar-refractivity contribution in [3.63, 3.8) is 0 Å². The molecule has 39 heavy (non-hydrogen) atoms. The molecule has 3 aromatic heterocycles. The van der Waals surface area contributed by atoms with Crippen molar-refractivity contribution in [2.75, 3.05) is 29.9 Å². The molecule has 0 saturated carbocycles. The molecule has 0 unspecified atom stereocenters. The number of alkyl halides is 7. The molecule has 210 valence electrons. The van der Waals surface area contributed by atoms with E-state index in [1.54, 1.807) is 0 Å². The summed E-state index contributed by atoms with van der Waals surface area (Å²) in [6, 6.07) is 2.80. The van der Waals surface area contributed by atoms with Crippen molar-refractivity contribution in [2.24, 2.45) is 7.05 Å². The summed E-state index contributed by atoms with van der Waals surface area (Å²) in [6.07, 6.45) is -6.55. The Bertz CT molecular complexity index is 1360. The van der Waals surface area contributed by atoms with Crippen molar-refractivity contribution >= 4 is 29.0 Å². The molecule has 0 bridgehead atoms. The fourth-order valence-electron chi connectivity index (χ4n) is 3.61. The molecular weight excluding hydrogens is 565 g/mol. The van der Waals surface area contributed by atoms with Gasteiger partial charge in [-0.1, -0.05) is 11.6 Å². The predicted molar refractivity (Wildman–Crippen MR) is 123 cm³/mol. The molecule has 18 heteroatoms. The monoisotopic (exact) mass is 582 g/mol. The maximum Gasteiger partial charge on any atom is 0.435 e. The third kappa shape index (κ3) is 6.96. The van der Waals surface area contributed by atoms with Crippen molar-refractivity contribution in [3.05, 3.63) is 40.9 Å². The number of nitrogens with zero attached hydrogens (tertiary/aromatic N) is 6. The minimum atomic E-state index is -4.84. The summed E-state index contributed by atoms with van der Waals surface area (Å²) >= 11 is 5.81. The summed E-state index contributed by atoms with van der Waals surface area (Å²) in [7, 11) is 1.27. The maximum absolute atomic E-state index is 13.6. The number of hydrogen-bond donors (Lipinski definition) is 2. The molecule has 0 aromatic carbocycles. The largest absolute Gasteiger partial charge is 0.471 e. The maximum atomic E-state index is 13.6. The van der Waals surface area contributed by atoms with Gasteiger partial charge in [0.1, 0.15) is 10.8 Å². The normalized spacial score (nSPS) is 14.8. The topological polar surface area (TPSA) is 110 Å². The Kier molecular flexibility index (Phi) is 7.72. The number of halogens is 8. The lowest BCUT2D eigenvalue weighted by Crippen LogP contribution is -2.56. The van der Waals surface area contributed by atoms with E-state index in [1.165, 1.54) is 19.2 Å². The fourth-order valence-corrected chi connectivity index (χ4v) is 3.81. The second-order valence-electron chi connectivity index (χ2n) is 8.37. The highest BCUT2D eigenvalue weighted by Gasteiger charge is 2.46. The zero-order chi connectivity index (χ0) is 28.5. The van der Waals surface area contributed by atoms with Crippen molar-refractivity contribution in [3.8, 4) is 17.1 Å². The third-order valence-electron chi connectivity index (χ3n) is 5.18. The molecule has 2 N–H and O–H groups in total. The molecule has 3 aromatic rings. The molecule has 10 nitrogen and oxygen atoms in total. The van der Waals surface area contributed by atoms with Crippen LogP contribution < -0.4 is 20.3 Å². The lowest BCUT2D eigenvalue weighted by Gasteiger charge is -2.41. The summed E-state index contributed by atoms with van der Waals surface area (Å²) in [5.74, 6) is -3.30. The van der Waals surface area contributed by atoms with Gasteiger partial charge in [0.15, 0.2) is 12.3 Å². The van der Waals surface area contributed by atoms with Crippen molar-refractivity contribution in [2.45, 2.75) is 25.1 Å². The average Bonchev–Trinajstić information content (AvgIpc) is 3.21. The quantitative estimate of drug-likeness (QED) is 0.300. The van der Waals surface area contributed by atoms with Crippen LogP contribution >= 0.6 is 11.6 Å². The molecule has 1 fully saturated rings. The number of aromatic nitrogens is 5. The summed E-state index contributed by atoms with van der Waals surface area (Å²) in [6.45, 7) is -2.75. The summed E-state index contributed by atoms with van der Waals surface area (Å²) in [5, 5.41) is 15.7. The SMILES string of the molecule is Cn1cc(-c2nnc(CNC(=O)Nc3cc(Cl)nc(OCC(F)F)c3)cc2N2CC(F)(F)C2)c(C(F)(F)F)n1. The van der Waals surface area contributed by atoms with E-state index < -0.39 is 55.5 Å². The van der Waals surface area contributed by atoms with E-state index in [2.05, 4.69) is 30.9 Å². The molecule has 2 amide bonds. The number of carbonyl (C=O) groups is 1. The zero-order valence-corrected chi connectivity index (χ0v) is 20.5. The molecule has 1 aliphatic rings. The van der Waals surface area contributed by atoms with Crippen molar-refractivity contribution in [1.82, 2.24) is 30.3 Å². The van der Waals surface area contributed by atoms with Crippen LogP contribution in [0.5, 0.6) is 5.88 Å². The van der Waals surface area contributed by atoms with Gasteiger partial charge < -0.3 is 20.3 Å². The fraction of sp³-hybridized carbons (Fsp3) is 0.381. The lowest BCUT2D eigenvalue weighted by atomic mass is 10.0. The van der Waals surface area contributed by atoms with Gasteiger partial charge >= 0.3 is 12.2 Å². The number of pyridine rings is 1. The number of hydrogen-bond acceptors (Lipinski definition) is 7. The molecule has 4 rings (SSSR count). The number of amides is 2. The van der Waals surface area contributed by atoms with Crippen LogP contribution in [0.25, 0.3) is 11.3 Å². The van der Waals surface area contributed by atoms with Gasteiger partial charge in [0, 0.05) is 19.3 Å². The van der Waals surface area contributed by atoms with Crippen LogP contribution in [0.3, 0.4) is 0 Å². The van der Waals surface area contributed by atoms with Crippen LogP contribution in [-0.4, -0.2) is 63.0 Å². The number of ether oxygens (including phenoxy) is 1. The highest BCUT2D eigenvalue weighted by molar-refractivity contribution is 6.29. The number of urea groups is 1. The smallest absolute Gasteiger partial charge is 0.435 e. The van der Waals surface area contributed by atoms with E-state index in [9.17, 15) is 35.5 Å². The van der Waals surface area contributed by atoms with Crippen molar-refractivity contribution in [1.29, 1.82) is 0 Å². The average molecular weight is 583 g/mol. The Balaban J connectivity index is 1.52. The summed E-state index contributed by atoms with van der Waals surface area (Å²) < 4.78 is 98.2. The predicted octanol–water partition coefficient (Wildman–Crippen LogP) is 4.37. The van der Waals surface area contributed by atoms with E-state index in [0.717, 1.165) is 21.8 Å². The van der Waals surface area contributed by atoms with Gasteiger partial charge in [0.2, 0.25) is 5.88 Å². The van der Waals surface area contributed by atoms with Crippen LogP contribution in [0.2, 0.25) is 5.15 Å². The van der Waals surface area contributed by atoms with Gasteiger partial charge in [-0.15, -0.1) is 5.10 Å². The Morgan fingerprint density at radius 3 is 2.56 bits per heavy atom. The molecule has 4 heterocycles. The summed E-state index contributed by atoms with van der Waals surface area (Å²) in [5.41, 5.74) is -1.95. The molecule has 0 spiro atoms. The van der Waals surface area contributed by atoms with Crippen molar-refractivity contribution < 1.29 is 40.3 Å². The first kappa shape index (κ1) is 28.1. The molecular formula is C21H18ClF7N8O2. The molecule has 0 atom stereocenters. The minimum absolute atomic E-state index is 0.0466. The van der Waals surface area contributed by atoms with Crippen LogP contribution in [0.15, 0.2) is 24.4 Å². The standard InChI is InChI=1S/C21H18ClF7N8O2/c1-36-6-12(18(35-36)21(27,28)29)17-13(37-8-20(25,26)9-37)2-11(33-34-17)5-30-19(38)31-10-3-14(22)32-16(4-10)39-7-15(23)24/h2-4,6,15H,5,7-9H2,1H3,(H2,30,31,32,38). The van der Waals surface area contributed by atoms with E-state index in [1.807, 2.05) is 0 Å². The van der Waals surface area contributed by atoms with Gasteiger partial charge in [-0.25, -0.2) is 27.3 Å². The van der Waals surface area contributed by atoms with Crippen LogP contribution in [0.4, 0.5) is 46.9 Å². The highest BCUT2D eigenvalue weighted by Crippen LogP contribution is 2.41. The van der Waals surface area contributed by atoms with Crippen LogP contribution in [-0.2, 0) is 19.8 Å². The lowest BCUT2D eigenvalue weighted by molar-refractivity contribution is -0.141. The highest BCUT2D eigenvalue weighted by atomic mass is 35.5. The molecule has 0 aliphatic carbocycles. The molecule has 0 radical (unpaired) electrons. The van der Waals surface area contributed by atoms with Gasteiger partial charge in [0.05, 0.1) is 42.3 Å². The minimum Gasteiger partial charge on any atom is -0.471 e. The van der Waals surface area contributed by atoms with Crippen LogP contribution in [0.1, 0.15) is 11.4 Å². The first-order valence-corrected chi connectivity index (χ1v) is 11.3. The Morgan fingerprint density at radius 2 is 1.92 bits per heavy atom. The van der Waals surface area contributed by atoms with E-state index in [4.69, 9.17) is 16.3 Å². The van der Waals surface area contributed by atoms with Crippen LogP contribution in [0, 0.1) is 0 Å². The Hall–Kier alpha value is -3.89. The first-order chi connectivity index (χ1) is 18.2. The zero-order valence-electron chi connectivity index (χ0n) is 19.7. The molecule has 1 aliphatic heterocycles. The Morgan fingerprint density at radius 1 is 1.21 bits per heavy atom. The van der Waals surface area contributed by atoms with E-state index in [-0.39, 0.29) is 40.3 Å². The number of anilines is 2. The van der Waals surface area contributed by atoms with E-state index in [0.29, 0.717) is 0 Å². The van der Waals surface area contributed by atoms with Gasteiger partial charge in [-0.2, -0.15) is 23.4 Å². The number of nitrogens with one attached hydrogen (secondary N) is 2. The number of rotatable bonds is 8. The van der Waals surface area contributed by atoms with E-state index >= 15 is 0 Å². The first-order valence-electron chi connectivity index (χ1n) is 10.9.